The predicted octanol–water partition coefficient (Wildman–Crippen LogP) is 3.13. The Morgan fingerprint density at radius 1 is 0.946 bits per heavy atom. The van der Waals surface area contributed by atoms with Crippen LogP contribution in [0.1, 0.15) is 77.6 Å². The molecule has 37 heavy (non-hydrogen) atoms. The second-order valence-electron chi connectivity index (χ2n) is 11.6. The van der Waals surface area contributed by atoms with Crippen molar-refractivity contribution in [1.29, 1.82) is 0 Å². The second-order valence-corrected chi connectivity index (χ2v) is 11.6. The van der Waals surface area contributed by atoms with Crippen molar-refractivity contribution in [3.8, 4) is 0 Å². The van der Waals surface area contributed by atoms with Gasteiger partial charge in [0.1, 0.15) is 17.6 Å². The molecule has 2 saturated heterocycles. The smallest absolute Gasteiger partial charge is 0.313 e. The average molecular weight is 515 g/mol. The Labute approximate surface area is 220 Å². The maximum Gasteiger partial charge on any atom is 0.313 e. The molecule has 1 N–H and O–H groups in total. The summed E-state index contributed by atoms with van der Waals surface area (Å²) in [5.41, 5.74) is -2.23. The van der Waals surface area contributed by atoms with Crippen LogP contribution in [-0.2, 0) is 23.9 Å². The number of cyclic esters (lactones) is 1. The number of allylic oxidation sites excluding steroid dienone is 1. The third-order valence-electron chi connectivity index (χ3n) is 9.10. The highest BCUT2D eigenvalue weighted by Gasteiger charge is 2.74. The van der Waals surface area contributed by atoms with E-state index in [2.05, 4.69) is 0 Å². The van der Waals surface area contributed by atoms with Crippen LogP contribution in [0.3, 0.4) is 0 Å². The molecule has 1 unspecified atom stereocenters. The molecule has 5 rings (SSSR count). The fourth-order valence-corrected chi connectivity index (χ4v) is 7.36. The zero-order chi connectivity index (χ0) is 26.0. The number of nitrogens with zero attached hydrogens (tertiary/aromatic N) is 2. The number of hydrogen-bond acceptors (Lipinski definition) is 6. The lowest BCUT2D eigenvalue weighted by molar-refractivity contribution is -0.160. The Morgan fingerprint density at radius 2 is 1.73 bits per heavy atom. The van der Waals surface area contributed by atoms with Crippen LogP contribution >= 0.6 is 0 Å². The minimum Gasteiger partial charge on any atom is -0.465 e. The molecule has 8 nitrogen and oxygen atoms in total. The maximum atomic E-state index is 14.4. The van der Waals surface area contributed by atoms with Gasteiger partial charge in [0.15, 0.2) is 0 Å². The van der Waals surface area contributed by atoms with Crippen LogP contribution in [0.25, 0.3) is 0 Å². The van der Waals surface area contributed by atoms with E-state index in [-0.39, 0.29) is 24.5 Å². The van der Waals surface area contributed by atoms with Crippen molar-refractivity contribution in [2.75, 3.05) is 26.3 Å². The van der Waals surface area contributed by atoms with Crippen molar-refractivity contribution in [3.63, 3.8) is 0 Å². The third kappa shape index (κ3) is 4.65. The van der Waals surface area contributed by atoms with Gasteiger partial charge in [-0.3, -0.25) is 14.4 Å². The van der Waals surface area contributed by atoms with Gasteiger partial charge in [0, 0.05) is 25.7 Å². The molecule has 3 fully saturated rings. The first-order valence-electron chi connectivity index (χ1n) is 14.4. The Bertz CT molecular complexity index is 943. The molecule has 0 aromatic rings. The minimum atomic E-state index is -1.20. The van der Waals surface area contributed by atoms with E-state index >= 15 is 0 Å². The monoisotopic (exact) mass is 514 g/mol. The molecule has 0 bridgehead atoms. The van der Waals surface area contributed by atoms with Crippen LogP contribution < -0.4 is 0 Å². The van der Waals surface area contributed by atoms with E-state index in [1.807, 2.05) is 36.1 Å². The summed E-state index contributed by atoms with van der Waals surface area (Å²) in [5.74, 6) is -2.27. The molecular formula is C29H42N2O6. The van der Waals surface area contributed by atoms with Gasteiger partial charge in [-0.15, -0.1) is 0 Å². The summed E-state index contributed by atoms with van der Waals surface area (Å²) in [6.45, 7) is 3.26. The molecule has 0 aromatic heterocycles. The third-order valence-corrected chi connectivity index (χ3v) is 9.10. The lowest BCUT2D eigenvalue weighted by atomic mass is 9.74. The summed E-state index contributed by atoms with van der Waals surface area (Å²) >= 11 is 0. The number of rotatable bonds is 7. The van der Waals surface area contributed by atoms with E-state index in [1.165, 1.54) is 6.42 Å². The van der Waals surface area contributed by atoms with Crippen LogP contribution in [0.4, 0.5) is 0 Å². The predicted molar refractivity (Wildman–Crippen MR) is 137 cm³/mol. The molecule has 1 aliphatic carbocycles. The molecule has 5 atom stereocenters. The molecule has 4 aliphatic heterocycles. The highest BCUT2D eigenvalue weighted by atomic mass is 16.6. The molecule has 0 radical (unpaired) electrons. The summed E-state index contributed by atoms with van der Waals surface area (Å²) in [6, 6.07) is -0.627. The Balaban J connectivity index is 1.53. The van der Waals surface area contributed by atoms with Crippen molar-refractivity contribution < 1.29 is 29.0 Å². The van der Waals surface area contributed by atoms with Crippen molar-refractivity contribution in [2.24, 2.45) is 11.8 Å². The molecule has 0 aromatic carbocycles. The lowest BCUT2D eigenvalue weighted by Gasteiger charge is -2.40. The van der Waals surface area contributed by atoms with E-state index < -0.39 is 35.0 Å². The minimum absolute atomic E-state index is 0.0597. The standard InChI is InChI=1S/C29H42N2O6/c1-28-15-8-5-11-20-36-27(35)23(28)22-25(33)31(17-9-2-3-10-19-32)24-26(34)30(21-13-6-4-7-14-21)18-12-16-29(22,24)37-28/h8,12,15-16,21-24,32H,2-7,9-11,13-14,17-20H2,1H3/b15-8-/t22-,23-,24?,28+,29-/m0/s1. The highest BCUT2D eigenvalue weighted by molar-refractivity contribution is 5.99. The molecule has 204 valence electrons. The van der Waals surface area contributed by atoms with Crippen LogP contribution in [0.15, 0.2) is 24.3 Å². The summed E-state index contributed by atoms with van der Waals surface area (Å²) in [5, 5.41) is 9.13. The van der Waals surface area contributed by atoms with Gasteiger partial charge in [0.05, 0.1) is 18.1 Å². The Morgan fingerprint density at radius 3 is 2.51 bits per heavy atom. The van der Waals surface area contributed by atoms with Crippen LogP contribution in [-0.4, -0.2) is 82.3 Å². The van der Waals surface area contributed by atoms with E-state index in [0.29, 0.717) is 19.7 Å². The number of aliphatic hydroxyl groups is 1. The number of amides is 2. The van der Waals surface area contributed by atoms with Crippen LogP contribution in [0, 0.1) is 11.8 Å². The second kappa shape index (κ2) is 10.9. The Kier molecular flexibility index (Phi) is 7.78. The van der Waals surface area contributed by atoms with Gasteiger partial charge in [-0.1, -0.05) is 56.4 Å². The number of fused-ring (bicyclic) bond motifs is 2. The zero-order valence-corrected chi connectivity index (χ0v) is 22.1. The first-order valence-corrected chi connectivity index (χ1v) is 14.4. The zero-order valence-electron chi connectivity index (χ0n) is 22.1. The molecule has 5 aliphatic rings. The van der Waals surface area contributed by atoms with E-state index in [0.717, 1.165) is 64.2 Å². The van der Waals surface area contributed by atoms with Gasteiger partial charge in [0.2, 0.25) is 11.8 Å². The summed E-state index contributed by atoms with van der Waals surface area (Å²) in [4.78, 5) is 45.7. The van der Waals surface area contributed by atoms with Crippen molar-refractivity contribution in [3.05, 3.63) is 24.3 Å². The SMILES string of the molecule is C[C@@]12/C=C\CCCOC(=O)[C@@H]1[C@H]1C(=O)N(CCCCCCO)C3C(=O)N(C4CCCCC4)CC=C[C@@]31O2. The van der Waals surface area contributed by atoms with Crippen molar-refractivity contribution in [1.82, 2.24) is 9.80 Å². The van der Waals surface area contributed by atoms with Crippen molar-refractivity contribution >= 4 is 17.8 Å². The number of ether oxygens (including phenoxy) is 2. The molecule has 2 amide bonds. The molecule has 1 saturated carbocycles. The topological polar surface area (TPSA) is 96.4 Å². The number of carbonyl (C=O) groups excluding carboxylic acids is 3. The number of aliphatic hydroxyl groups excluding tert-OH is 1. The normalized spacial score (nSPS) is 37.2. The van der Waals surface area contributed by atoms with E-state index in [1.54, 1.807) is 4.90 Å². The number of likely N-dealkylation sites (tertiary alicyclic amines) is 1. The number of unbranched alkanes of at least 4 members (excludes halogenated alkanes) is 3. The van der Waals surface area contributed by atoms with Gasteiger partial charge in [-0.25, -0.2) is 0 Å². The van der Waals surface area contributed by atoms with Crippen LogP contribution in [0.2, 0.25) is 0 Å². The van der Waals surface area contributed by atoms with Crippen LogP contribution in [0.5, 0.6) is 0 Å². The number of hydrogen-bond donors (Lipinski definition) is 1. The lowest BCUT2D eigenvalue weighted by Crippen LogP contribution is -2.57. The summed E-state index contributed by atoms with van der Waals surface area (Å²) in [7, 11) is 0. The quantitative estimate of drug-likeness (QED) is 0.319. The fraction of sp³-hybridized carbons (Fsp3) is 0.759. The van der Waals surface area contributed by atoms with Gasteiger partial charge in [-0.2, -0.15) is 0 Å². The highest BCUT2D eigenvalue weighted by Crippen LogP contribution is 2.57. The molecule has 8 heteroatoms. The molecule has 1 spiro atoms. The Hall–Kier alpha value is -2.19. The molecule has 4 heterocycles. The number of carbonyl (C=O) groups is 3. The first-order chi connectivity index (χ1) is 17.9. The van der Waals surface area contributed by atoms with Gasteiger partial charge >= 0.3 is 5.97 Å². The average Bonchev–Trinajstić information content (AvgIpc) is 3.23. The van der Waals surface area contributed by atoms with E-state index in [9.17, 15) is 14.4 Å². The number of esters is 1. The van der Waals surface area contributed by atoms with Gasteiger partial charge < -0.3 is 24.4 Å². The summed E-state index contributed by atoms with van der Waals surface area (Å²) < 4.78 is 12.5. The summed E-state index contributed by atoms with van der Waals surface area (Å²) in [6.07, 6.45) is 17.9. The largest absolute Gasteiger partial charge is 0.465 e. The van der Waals surface area contributed by atoms with E-state index in [4.69, 9.17) is 14.6 Å². The first kappa shape index (κ1) is 26.4. The van der Waals surface area contributed by atoms with Gasteiger partial charge in [-0.05, 0) is 45.4 Å². The fourth-order valence-electron chi connectivity index (χ4n) is 7.36. The molecular weight excluding hydrogens is 472 g/mol. The maximum absolute atomic E-state index is 14.4. The van der Waals surface area contributed by atoms with Gasteiger partial charge in [0.25, 0.3) is 0 Å². The van der Waals surface area contributed by atoms with Crippen molar-refractivity contribution in [2.45, 2.75) is 101 Å².